The molecule has 0 radical (unpaired) electrons. The van der Waals surface area contributed by atoms with Gasteiger partial charge in [-0.3, -0.25) is 0 Å². The lowest BCUT2D eigenvalue weighted by Crippen LogP contribution is -2.44. The van der Waals surface area contributed by atoms with Gasteiger partial charge >= 0.3 is 0 Å². The van der Waals surface area contributed by atoms with Gasteiger partial charge in [0, 0.05) is 11.5 Å². The minimum atomic E-state index is -0.917. The summed E-state index contributed by atoms with van der Waals surface area (Å²) in [5, 5.41) is 7.01. The van der Waals surface area contributed by atoms with Crippen LogP contribution in [0.2, 0.25) is 0 Å². The van der Waals surface area contributed by atoms with Crippen LogP contribution in [0.15, 0.2) is 22.7 Å². The molecule has 2 heterocycles. The zero-order valence-corrected chi connectivity index (χ0v) is 10.4. The third kappa shape index (κ3) is 2.23. The van der Waals surface area contributed by atoms with Crippen LogP contribution < -0.4 is 5.32 Å². The van der Waals surface area contributed by atoms with Gasteiger partial charge in [0.2, 0.25) is 11.7 Å². The Morgan fingerprint density at radius 2 is 2.11 bits per heavy atom. The Morgan fingerprint density at radius 3 is 2.74 bits per heavy atom. The predicted octanol–water partition coefficient (Wildman–Crippen LogP) is 2.34. The first-order valence-corrected chi connectivity index (χ1v) is 6.15. The molecular formula is C13H13F2N3O. The number of rotatable bonds is 3. The van der Waals surface area contributed by atoms with Gasteiger partial charge in [0.05, 0.1) is 0 Å². The summed E-state index contributed by atoms with van der Waals surface area (Å²) < 4.78 is 31.2. The molecule has 1 aromatic heterocycles. The lowest BCUT2D eigenvalue weighted by atomic mass is 9.89. The van der Waals surface area contributed by atoms with Gasteiger partial charge in [0.25, 0.3) is 0 Å². The molecule has 6 heteroatoms. The summed E-state index contributed by atoms with van der Waals surface area (Å²) in [6.45, 7) is 3.89. The van der Waals surface area contributed by atoms with Crippen molar-refractivity contribution in [3.05, 3.63) is 35.7 Å². The molecular weight excluding hydrogens is 252 g/mol. The highest BCUT2D eigenvalue weighted by Gasteiger charge is 2.28. The van der Waals surface area contributed by atoms with E-state index in [1.807, 2.05) is 6.92 Å². The van der Waals surface area contributed by atoms with Crippen LogP contribution in [0.25, 0.3) is 11.4 Å². The first-order valence-electron chi connectivity index (χ1n) is 6.15. The molecule has 1 N–H and O–H groups in total. The maximum absolute atomic E-state index is 13.2. The zero-order valence-electron chi connectivity index (χ0n) is 10.4. The van der Waals surface area contributed by atoms with Crippen LogP contribution in [0.5, 0.6) is 0 Å². The number of nitrogens with one attached hydrogen (secondary N) is 1. The minimum Gasteiger partial charge on any atom is -0.339 e. The molecule has 19 heavy (non-hydrogen) atoms. The molecule has 0 bridgehead atoms. The minimum absolute atomic E-state index is 0.160. The summed E-state index contributed by atoms with van der Waals surface area (Å²) in [6.07, 6.45) is 0. The Morgan fingerprint density at radius 1 is 1.32 bits per heavy atom. The van der Waals surface area contributed by atoms with E-state index in [9.17, 15) is 8.78 Å². The van der Waals surface area contributed by atoms with Gasteiger partial charge in [-0.2, -0.15) is 4.98 Å². The normalized spacial score (nSPS) is 17.2. The first-order chi connectivity index (χ1) is 9.15. The highest BCUT2D eigenvalue weighted by molar-refractivity contribution is 5.54. The van der Waals surface area contributed by atoms with E-state index in [-0.39, 0.29) is 11.7 Å². The monoisotopic (exact) mass is 265 g/mol. The number of benzene rings is 1. The van der Waals surface area contributed by atoms with Gasteiger partial charge in [-0.1, -0.05) is 12.1 Å². The van der Waals surface area contributed by atoms with Gasteiger partial charge in [-0.05, 0) is 37.2 Å². The predicted molar refractivity (Wildman–Crippen MR) is 64.4 cm³/mol. The molecule has 2 aromatic rings. The Hall–Kier alpha value is -1.82. The summed E-state index contributed by atoms with van der Waals surface area (Å²) in [5.74, 6) is -0.341. The second-order valence-corrected chi connectivity index (χ2v) is 4.79. The van der Waals surface area contributed by atoms with E-state index in [1.54, 1.807) is 0 Å². The zero-order chi connectivity index (χ0) is 13.4. The van der Waals surface area contributed by atoms with Gasteiger partial charge in [0.1, 0.15) is 0 Å². The summed E-state index contributed by atoms with van der Waals surface area (Å²) in [7, 11) is 0. The molecule has 0 spiro atoms. The molecule has 1 unspecified atom stereocenters. The van der Waals surface area contributed by atoms with E-state index in [2.05, 4.69) is 15.5 Å². The quantitative estimate of drug-likeness (QED) is 0.925. The standard InChI is InChI=1S/C13H13F2N3O/c1-7(9-5-16-6-9)13-17-12(18-19-13)8-2-3-10(14)11(15)4-8/h2-4,7,9,16H,5-6H2,1H3. The van der Waals surface area contributed by atoms with E-state index in [1.165, 1.54) is 6.07 Å². The van der Waals surface area contributed by atoms with Crippen LogP contribution in [0.1, 0.15) is 18.7 Å². The van der Waals surface area contributed by atoms with Crippen molar-refractivity contribution in [2.45, 2.75) is 12.8 Å². The largest absolute Gasteiger partial charge is 0.339 e. The fraction of sp³-hybridized carbons (Fsp3) is 0.385. The van der Waals surface area contributed by atoms with E-state index in [0.29, 0.717) is 17.4 Å². The molecule has 1 saturated heterocycles. The van der Waals surface area contributed by atoms with E-state index < -0.39 is 11.6 Å². The maximum atomic E-state index is 13.2. The number of halogens is 2. The number of nitrogens with zero attached hydrogens (tertiary/aromatic N) is 2. The van der Waals surface area contributed by atoms with Gasteiger partial charge in [-0.25, -0.2) is 8.78 Å². The summed E-state index contributed by atoms with van der Waals surface area (Å²) >= 11 is 0. The molecule has 1 aromatic carbocycles. The summed E-state index contributed by atoms with van der Waals surface area (Å²) in [4.78, 5) is 4.26. The topological polar surface area (TPSA) is 51.0 Å². The third-order valence-corrected chi connectivity index (χ3v) is 3.53. The fourth-order valence-electron chi connectivity index (χ4n) is 2.04. The van der Waals surface area contributed by atoms with Crippen LogP contribution in [0, 0.1) is 17.6 Å². The molecule has 1 aliphatic rings. The smallest absolute Gasteiger partial charge is 0.230 e. The lowest BCUT2D eigenvalue weighted by molar-refractivity contribution is 0.252. The Kier molecular flexibility index (Phi) is 3.02. The lowest BCUT2D eigenvalue weighted by Gasteiger charge is -2.30. The molecule has 1 aliphatic heterocycles. The van der Waals surface area contributed by atoms with Gasteiger partial charge in [-0.15, -0.1) is 0 Å². The second kappa shape index (κ2) is 4.70. The molecule has 100 valence electrons. The molecule has 0 amide bonds. The highest BCUT2D eigenvalue weighted by Crippen LogP contribution is 2.27. The van der Waals surface area contributed by atoms with E-state index >= 15 is 0 Å². The van der Waals surface area contributed by atoms with Crippen molar-refractivity contribution in [3.63, 3.8) is 0 Å². The number of aromatic nitrogens is 2. The molecule has 1 atom stereocenters. The SMILES string of the molecule is CC(c1nc(-c2ccc(F)c(F)c2)no1)C1CNC1. The summed E-state index contributed by atoms with van der Waals surface area (Å²) in [5.41, 5.74) is 0.410. The average Bonchev–Trinajstić information content (AvgIpc) is 2.80. The van der Waals surface area contributed by atoms with Crippen molar-refractivity contribution in [1.29, 1.82) is 0 Å². The Bertz CT molecular complexity index is 595. The number of hydrogen-bond donors (Lipinski definition) is 1. The molecule has 4 nitrogen and oxygen atoms in total. The molecule has 3 rings (SSSR count). The first kappa shape index (κ1) is 12.2. The van der Waals surface area contributed by atoms with E-state index in [4.69, 9.17) is 4.52 Å². The Balaban J connectivity index is 1.85. The van der Waals surface area contributed by atoms with Crippen molar-refractivity contribution < 1.29 is 13.3 Å². The second-order valence-electron chi connectivity index (χ2n) is 4.79. The fourth-order valence-corrected chi connectivity index (χ4v) is 2.04. The van der Waals surface area contributed by atoms with Crippen LogP contribution in [-0.2, 0) is 0 Å². The van der Waals surface area contributed by atoms with Crippen molar-refractivity contribution in [2.24, 2.45) is 5.92 Å². The van der Waals surface area contributed by atoms with Crippen molar-refractivity contribution in [3.8, 4) is 11.4 Å². The van der Waals surface area contributed by atoms with Crippen LogP contribution in [0.4, 0.5) is 8.78 Å². The van der Waals surface area contributed by atoms with Crippen molar-refractivity contribution in [1.82, 2.24) is 15.5 Å². The molecule has 0 saturated carbocycles. The van der Waals surface area contributed by atoms with E-state index in [0.717, 1.165) is 25.2 Å². The Labute approximate surface area is 108 Å². The van der Waals surface area contributed by atoms with Gasteiger partial charge < -0.3 is 9.84 Å². The van der Waals surface area contributed by atoms with Crippen LogP contribution in [0.3, 0.4) is 0 Å². The average molecular weight is 265 g/mol. The van der Waals surface area contributed by atoms with Crippen molar-refractivity contribution >= 4 is 0 Å². The third-order valence-electron chi connectivity index (χ3n) is 3.53. The number of hydrogen-bond acceptors (Lipinski definition) is 4. The van der Waals surface area contributed by atoms with Crippen LogP contribution in [-0.4, -0.2) is 23.2 Å². The molecule has 1 fully saturated rings. The van der Waals surface area contributed by atoms with Gasteiger partial charge in [0.15, 0.2) is 11.6 Å². The van der Waals surface area contributed by atoms with Crippen molar-refractivity contribution in [2.75, 3.05) is 13.1 Å². The highest BCUT2D eigenvalue weighted by atomic mass is 19.2. The van der Waals surface area contributed by atoms with Crippen LogP contribution >= 0.6 is 0 Å². The summed E-state index contributed by atoms with van der Waals surface area (Å²) in [6, 6.07) is 3.56. The molecule has 0 aliphatic carbocycles. The maximum Gasteiger partial charge on any atom is 0.230 e.